The number of benzene rings is 1. The topological polar surface area (TPSA) is 83.0 Å². The van der Waals surface area contributed by atoms with Gasteiger partial charge in [-0.3, -0.25) is 4.99 Å². The predicted octanol–water partition coefficient (Wildman–Crippen LogP) is 2.39. The molecule has 1 aromatic rings. The number of methoxy groups -OCH3 is 1. The third kappa shape index (κ3) is 8.95. The van der Waals surface area contributed by atoms with Crippen molar-refractivity contribution in [3.63, 3.8) is 0 Å². The van der Waals surface area contributed by atoms with Crippen molar-refractivity contribution in [3.05, 3.63) is 29.3 Å². The molecule has 1 aromatic carbocycles. The molecule has 7 nitrogen and oxygen atoms in total. The van der Waals surface area contributed by atoms with Crippen molar-refractivity contribution in [1.82, 2.24) is 14.9 Å². The smallest absolute Gasteiger partial charge is 0.215 e. The summed E-state index contributed by atoms with van der Waals surface area (Å²) in [6.07, 6.45) is 0.785. The fraction of sp³-hybridized carbons (Fsp3) is 0.632. The summed E-state index contributed by atoms with van der Waals surface area (Å²) in [6, 6.07) is 6.11. The fourth-order valence-electron chi connectivity index (χ4n) is 2.78. The highest BCUT2D eigenvalue weighted by Crippen LogP contribution is 2.19. The van der Waals surface area contributed by atoms with Gasteiger partial charge in [-0.05, 0) is 31.9 Å². The van der Waals surface area contributed by atoms with Crippen molar-refractivity contribution >= 4 is 40.0 Å². The minimum Gasteiger partial charge on any atom is -0.496 e. The van der Waals surface area contributed by atoms with Gasteiger partial charge >= 0.3 is 0 Å². The lowest BCUT2D eigenvalue weighted by Gasteiger charge is -2.18. The molecule has 0 spiro atoms. The van der Waals surface area contributed by atoms with Gasteiger partial charge < -0.3 is 15.4 Å². The number of guanidine groups is 1. The van der Waals surface area contributed by atoms with Crippen LogP contribution in [0.15, 0.2) is 23.2 Å². The number of aryl methyl sites for hydroxylation is 1. The van der Waals surface area contributed by atoms with E-state index in [0.29, 0.717) is 32.1 Å². The maximum atomic E-state index is 12.2. The van der Waals surface area contributed by atoms with Crippen molar-refractivity contribution in [3.8, 4) is 5.75 Å². The Morgan fingerprint density at radius 1 is 1.18 bits per heavy atom. The first-order valence-corrected chi connectivity index (χ1v) is 11.1. The summed E-state index contributed by atoms with van der Waals surface area (Å²) in [5, 5.41) is 6.41. The van der Waals surface area contributed by atoms with E-state index >= 15 is 0 Å². The zero-order valence-electron chi connectivity index (χ0n) is 17.6. The van der Waals surface area contributed by atoms with E-state index in [1.54, 1.807) is 7.11 Å². The first kappa shape index (κ1) is 26.9. The minimum absolute atomic E-state index is 0. The van der Waals surface area contributed by atoms with Crippen molar-refractivity contribution in [2.45, 2.75) is 34.1 Å². The van der Waals surface area contributed by atoms with Crippen LogP contribution in [0, 0.1) is 6.92 Å². The molecule has 0 unspecified atom stereocenters. The van der Waals surface area contributed by atoms with Crippen LogP contribution in [-0.4, -0.2) is 64.3 Å². The third-order valence-electron chi connectivity index (χ3n) is 4.18. The van der Waals surface area contributed by atoms with Gasteiger partial charge in [0.25, 0.3) is 0 Å². The second-order valence-electron chi connectivity index (χ2n) is 6.15. The van der Waals surface area contributed by atoms with Crippen LogP contribution in [0.1, 0.15) is 31.9 Å². The molecule has 28 heavy (non-hydrogen) atoms. The van der Waals surface area contributed by atoms with Crippen molar-refractivity contribution in [2.75, 3.05) is 45.6 Å². The van der Waals surface area contributed by atoms with Crippen molar-refractivity contribution in [2.24, 2.45) is 4.99 Å². The Morgan fingerprint density at radius 3 is 2.43 bits per heavy atom. The minimum atomic E-state index is -3.26. The van der Waals surface area contributed by atoms with Crippen LogP contribution >= 0.6 is 24.0 Å². The van der Waals surface area contributed by atoms with Gasteiger partial charge in [-0.1, -0.05) is 31.5 Å². The molecule has 162 valence electrons. The van der Waals surface area contributed by atoms with Crippen LogP contribution < -0.4 is 15.4 Å². The van der Waals surface area contributed by atoms with Crippen molar-refractivity contribution < 1.29 is 13.2 Å². The summed E-state index contributed by atoms with van der Waals surface area (Å²) >= 11 is 0. The number of hydrogen-bond donors (Lipinski definition) is 2. The SMILES string of the molecule is CCNC(=NCCS(=O)(=O)N(CC)CC)NCCc1cc(C)ccc1OC.I. The average molecular weight is 526 g/mol. The van der Waals surface area contributed by atoms with E-state index in [1.807, 2.05) is 32.9 Å². The molecule has 0 radical (unpaired) electrons. The van der Waals surface area contributed by atoms with E-state index in [9.17, 15) is 8.42 Å². The first-order valence-electron chi connectivity index (χ1n) is 9.51. The average Bonchev–Trinajstić information content (AvgIpc) is 2.62. The standard InChI is InChI=1S/C19H34N4O3S.HI/c1-6-20-19(22-13-14-27(24,25)23(7-2)8-3)21-12-11-17-15-16(4)9-10-18(17)26-5;/h9-10,15H,6-8,11-14H2,1-5H3,(H2,20,21,22);1H. The van der Waals surface area contributed by atoms with E-state index in [4.69, 9.17) is 4.74 Å². The second kappa shape index (κ2) is 14.0. The Balaban J connectivity index is 0.00000729. The highest BCUT2D eigenvalue weighted by molar-refractivity contribution is 14.0. The number of rotatable bonds is 11. The first-order chi connectivity index (χ1) is 12.9. The molecule has 0 atom stereocenters. The lowest BCUT2D eigenvalue weighted by molar-refractivity contribution is 0.409. The number of halogens is 1. The number of sulfonamides is 1. The van der Waals surface area contributed by atoms with E-state index in [1.165, 1.54) is 9.87 Å². The molecule has 0 amide bonds. The predicted molar refractivity (Wildman–Crippen MR) is 128 cm³/mol. The van der Waals surface area contributed by atoms with Gasteiger partial charge in [-0.25, -0.2) is 12.7 Å². The molecular formula is C19H35IN4O3S. The molecule has 1 rings (SSSR count). The highest BCUT2D eigenvalue weighted by Gasteiger charge is 2.17. The quantitative estimate of drug-likeness (QED) is 0.263. The highest BCUT2D eigenvalue weighted by atomic mass is 127. The molecule has 0 aliphatic carbocycles. The summed E-state index contributed by atoms with van der Waals surface area (Å²) in [5.74, 6) is 1.50. The largest absolute Gasteiger partial charge is 0.496 e. The third-order valence-corrected chi connectivity index (χ3v) is 6.19. The summed E-state index contributed by atoms with van der Waals surface area (Å²) in [4.78, 5) is 4.40. The van der Waals surface area contributed by atoms with Crippen LogP contribution in [-0.2, 0) is 16.4 Å². The van der Waals surface area contributed by atoms with Gasteiger partial charge in [0.2, 0.25) is 10.0 Å². The zero-order valence-corrected chi connectivity index (χ0v) is 20.8. The zero-order chi connectivity index (χ0) is 20.3. The normalized spacial score (nSPS) is 11.9. The molecule has 0 aliphatic heterocycles. The Bertz CT molecular complexity index is 707. The van der Waals surface area contributed by atoms with Crippen LogP contribution in [0.5, 0.6) is 5.75 Å². The Morgan fingerprint density at radius 2 is 1.86 bits per heavy atom. The number of nitrogens with zero attached hydrogens (tertiary/aromatic N) is 2. The van der Waals surface area contributed by atoms with Crippen molar-refractivity contribution in [1.29, 1.82) is 0 Å². The molecule has 0 aromatic heterocycles. The maximum absolute atomic E-state index is 12.2. The summed E-state index contributed by atoms with van der Waals surface area (Å²) in [7, 11) is -1.59. The number of ether oxygens (including phenoxy) is 1. The van der Waals surface area contributed by atoms with Gasteiger partial charge in [0.1, 0.15) is 5.75 Å². The second-order valence-corrected chi connectivity index (χ2v) is 8.24. The van der Waals surface area contributed by atoms with Gasteiger partial charge in [0.05, 0.1) is 19.4 Å². The molecule has 0 aliphatic rings. The van der Waals surface area contributed by atoms with Gasteiger partial charge in [0.15, 0.2) is 5.96 Å². The van der Waals surface area contributed by atoms with Gasteiger partial charge in [-0.15, -0.1) is 24.0 Å². The Kier molecular flexibility index (Phi) is 13.5. The molecule has 0 saturated carbocycles. The summed E-state index contributed by atoms with van der Waals surface area (Å²) in [5.41, 5.74) is 2.32. The van der Waals surface area contributed by atoms with Crippen LogP contribution in [0.2, 0.25) is 0 Å². The monoisotopic (exact) mass is 526 g/mol. The van der Waals surface area contributed by atoms with Gasteiger partial charge in [-0.2, -0.15) is 0 Å². The summed E-state index contributed by atoms with van der Waals surface area (Å²) in [6.45, 7) is 10.3. The number of aliphatic imine (C=N–C) groups is 1. The fourth-order valence-corrected chi connectivity index (χ4v) is 4.15. The molecule has 9 heteroatoms. The lowest BCUT2D eigenvalue weighted by atomic mass is 10.1. The molecule has 0 bridgehead atoms. The van der Waals surface area contributed by atoms with E-state index < -0.39 is 10.0 Å². The van der Waals surface area contributed by atoms with Crippen LogP contribution in [0.3, 0.4) is 0 Å². The molecule has 2 N–H and O–H groups in total. The number of hydrogen-bond acceptors (Lipinski definition) is 4. The lowest BCUT2D eigenvalue weighted by Crippen LogP contribution is -2.39. The number of nitrogens with one attached hydrogen (secondary N) is 2. The molecule has 0 heterocycles. The molecule has 0 fully saturated rings. The van der Waals surface area contributed by atoms with Crippen LogP contribution in [0.25, 0.3) is 0 Å². The maximum Gasteiger partial charge on any atom is 0.215 e. The van der Waals surface area contributed by atoms with E-state index in [0.717, 1.165) is 17.7 Å². The van der Waals surface area contributed by atoms with E-state index in [2.05, 4.69) is 28.6 Å². The molecular weight excluding hydrogens is 491 g/mol. The van der Waals surface area contributed by atoms with Crippen LogP contribution in [0.4, 0.5) is 0 Å². The Hall–Kier alpha value is -1.07. The van der Waals surface area contributed by atoms with Gasteiger partial charge in [0, 0.05) is 26.2 Å². The molecule has 0 saturated heterocycles. The summed E-state index contributed by atoms with van der Waals surface area (Å²) < 4.78 is 31.3. The van der Waals surface area contributed by atoms with E-state index in [-0.39, 0.29) is 36.3 Å². The Labute approximate surface area is 187 Å².